The fourth-order valence-corrected chi connectivity index (χ4v) is 1.34. The van der Waals surface area contributed by atoms with Crippen LogP contribution in [-0.4, -0.2) is 16.1 Å². The zero-order valence-electron chi connectivity index (χ0n) is 8.37. The lowest BCUT2D eigenvalue weighted by atomic mass is 10.0. The van der Waals surface area contributed by atoms with Crippen LogP contribution in [0.3, 0.4) is 0 Å². The van der Waals surface area contributed by atoms with Crippen LogP contribution in [0.4, 0.5) is 8.78 Å². The molecule has 6 heteroatoms. The van der Waals surface area contributed by atoms with Crippen molar-refractivity contribution < 1.29 is 18.7 Å². The molecule has 1 aromatic heterocycles. The highest BCUT2D eigenvalue weighted by Gasteiger charge is 2.18. The Morgan fingerprint density at radius 2 is 2.31 bits per heavy atom. The van der Waals surface area contributed by atoms with Crippen LogP contribution in [0.2, 0.25) is 0 Å². The maximum atomic E-state index is 12.5. The van der Waals surface area contributed by atoms with Gasteiger partial charge in [0.1, 0.15) is 11.8 Å². The Hall–Kier alpha value is -2.03. The molecule has 0 bridgehead atoms. The highest BCUT2D eigenvalue weighted by atomic mass is 19.3. The fraction of sp³-hybridized carbons (Fsp3) is 0.300. The van der Waals surface area contributed by atoms with E-state index in [0.29, 0.717) is 0 Å². The average molecular weight is 226 g/mol. The number of halogens is 2. The lowest BCUT2D eigenvalue weighted by Gasteiger charge is -2.09. The average Bonchev–Trinajstić information content (AvgIpc) is 2.19. The molecule has 84 valence electrons. The Morgan fingerprint density at radius 3 is 2.75 bits per heavy atom. The van der Waals surface area contributed by atoms with Gasteiger partial charge in [0.05, 0.1) is 6.42 Å². The normalized spacial score (nSPS) is 10.2. The number of hydrogen-bond acceptors (Lipinski definition) is 3. The van der Waals surface area contributed by atoms with Crippen molar-refractivity contribution in [3.8, 4) is 6.07 Å². The van der Waals surface area contributed by atoms with Crippen LogP contribution < -0.4 is 0 Å². The molecule has 0 atom stereocenters. The molecule has 0 aliphatic rings. The van der Waals surface area contributed by atoms with Crippen molar-refractivity contribution in [1.82, 2.24) is 4.98 Å². The number of aromatic nitrogens is 1. The first-order valence-corrected chi connectivity index (χ1v) is 4.35. The Labute approximate surface area is 90.2 Å². The van der Waals surface area contributed by atoms with Gasteiger partial charge in [0.15, 0.2) is 0 Å². The molecule has 1 aromatic rings. The number of aliphatic carboxylic acids is 1. The van der Waals surface area contributed by atoms with E-state index in [1.807, 2.05) is 0 Å². The van der Waals surface area contributed by atoms with E-state index in [4.69, 9.17) is 10.4 Å². The highest BCUT2D eigenvalue weighted by molar-refractivity contribution is 5.72. The molecule has 0 spiro atoms. The minimum atomic E-state index is -2.73. The number of carboxylic acid groups (broad SMARTS) is 1. The predicted molar refractivity (Wildman–Crippen MR) is 50.0 cm³/mol. The quantitative estimate of drug-likeness (QED) is 0.853. The molecule has 0 aliphatic heterocycles. The molecule has 0 saturated carbocycles. The van der Waals surface area contributed by atoms with Gasteiger partial charge < -0.3 is 5.11 Å². The molecule has 0 aromatic carbocycles. The third kappa shape index (κ3) is 2.31. The zero-order valence-corrected chi connectivity index (χ0v) is 8.37. The van der Waals surface area contributed by atoms with E-state index >= 15 is 0 Å². The number of nitrogens with zero attached hydrogens (tertiary/aromatic N) is 2. The molecule has 4 nitrogen and oxygen atoms in total. The van der Waals surface area contributed by atoms with E-state index in [9.17, 15) is 13.6 Å². The topological polar surface area (TPSA) is 74.0 Å². The number of alkyl halides is 2. The summed E-state index contributed by atoms with van der Waals surface area (Å²) >= 11 is 0. The number of nitriles is 1. The van der Waals surface area contributed by atoms with E-state index in [2.05, 4.69) is 4.98 Å². The molecule has 1 rings (SSSR count). The first kappa shape index (κ1) is 12.0. The van der Waals surface area contributed by atoms with Crippen LogP contribution in [0.25, 0.3) is 0 Å². The van der Waals surface area contributed by atoms with Gasteiger partial charge in [-0.15, -0.1) is 0 Å². The van der Waals surface area contributed by atoms with Gasteiger partial charge in [-0.1, -0.05) is 0 Å². The molecule has 16 heavy (non-hydrogen) atoms. The number of carbonyl (C=O) groups is 1. The van der Waals surface area contributed by atoms with E-state index in [-0.39, 0.29) is 22.4 Å². The summed E-state index contributed by atoms with van der Waals surface area (Å²) in [6, 6.07) is 1.69. The van der Waals surface area contributed by atoms with E-state index in [1.165, 1.54) is 6.92 Å². The van der Waals surface area contributed by atoms with Crippen LogP contribution in [0.1, 0.15) is 28.8 Å². The number of pyridine rings is 1. The van der Waals surface area contributed by atoms with Gasteiger partial charge in [-0.05, 0) is 12.5 Å². The lowest BCUT2D eigenvalue weighted by Crippen LogP contribution is -2.08. The van der Waals surface area contributed by atoms with E-state index in [1.54, 1.807) is 6.07 Å². The minimum absolute atomic E-state index is 0.0489. The number of rotatable bonds is 3. The molecular weight excluding hydrogens is 218 g/mol. The highest BCUT2D eigenvalue weighted by Crippen LogP contribution is 2.25. The smallest absolute Gasteiger partial charge is 0.307 e. The van der Waals surface area contributed by atoms with Crippen molar-refractivity contribution in [2.24, 2.45) is 0 Å². The Morgan fingerprint density at radius 1 is 1.69 bits per heavy atom. The Balaban J connectivity index is 3.35. The maximum Gasteiger partial charge on any atom is 0.307 e. The molecule has 0 saturated heterocycles. The van der Waals surface area contributed by atoms with Gasteiger partial charge in [0, 0.05) is 17.3 Å². The second-order valence-corrected chi connectivity index (χ2v) is 3.15. The zero-order chi connectivity index (χ0) is 12.3. The molecule has 0 unspecified atom stereocenters. The number of carboxylic acids is 1. The summed E-state index contributed by atoms with van der Waals surface area (Å²) < 4.78 is 25.0. The summed E-state index contributed by atoms with van der Waals surface area (Å²) in [5, 5.41) is 17.3. The summed E-state index contributed by atoms with van der Waals surface area (Å²) in [6.07, 6.45) is -2.31. The molecule has 0 aliphatic carbocycles. The van der Waals surface area contributed by atoms with Crippen molar-refractivity contribution in [2.75, 3.05) is 0 Å². The van der Waals surface area contributed by atoms with Gasteiger partial charge in [-0.25, -0.2) is 13.8 Å². The third-order valence-electron chi connectivity index (χ3n) is 2.17. The first-order valence-electron chi connectivity index (χ1n) is 4.35. The first-order chi connectivity index (χ1) is 7.47. The van der Waals surface area contributed by atoms with Crippen molar-refractivity contribution in [3.05, 3.63) is 28.6 Å². The standard InChI is InChI=1S/C10H8F2N2O2/c1-5-6(2-9(15)16)8(3-13)14-4-7(5)10(11)12/h4,10H,2H2,1H3,(H,15,16). The largest absolute Gasteiger partial charge is 0.481 e. The fourth-order valence-electron chi connectivity index (χ4n) is 1.34. The van der Waals surface area contributed by atoms with Gasteiger partial charge in [-0.2, -0.15) is 5.26 Å². The summed E-state index contributed by atoms with van der Waals surface area (Å²) in [5.74, 6) is -1.19. The summed E-state index contributed by atoms with van der Waals surface area (Å²) in [6.45, 7) is 1.36. The minimum Gasteiger partial charge on any atom is -0.481 e. The predicted octanol–water partition coefficient (Wildman–Crippen LogP) is 1.83. The Bertz CT molecular complexity index is 467. The van der Waals surface area contributed by atoms with Crippen LogP contribution >= 0.6 is 0 Å². The van der Waals surface area contributed by atoms with Crippen molar-refractivity contribution >= 4 is 5.97 Å². The molecule has 0 fully saturated rings. The van der Waals surface area contributed by atoms with Gasteiger partial charge in [0.2, 0.25) is 0 Å². The van der Waals surface area contributed by atoms with E-state index in [0.717, 1.165) is 6.20 Å². The SMILES string of the molecule is Cc1c(C(F)F)cnc(C#N)c1CC(=O)O. The van der Waals surface area contributed by atoms with Crippen LogP contribution in [0, 0.1) is 18.3 Å². The monoisotopic (exact) mass is 226 g/mol. The van der Waals surface area contributed by atoms with Gasteiger partial charge in [0.25, 0.3) is 6.43 Å². The van der Waals surface area contributed by atoms with E-state index < -0.39 is 18.8 Å². The third-order valence-corrected chi connectivity index (χ3v) is 2.17. The van der Waals surface area contributed by atoms with Gasteiger partial charge >= 0.3 is 5.97 Å². The van der Waals surface area contributed by atoms with Crippen LogP contribution in [0.15, 0.2) is 6.20 Å². The second-order valence-electron chi connectivity index (χ2n) is 3.15. The van der Waals surface area contributed by atoms with Crippen LogP contribution in [-0.2, 0) is 11.2 Å². The molecule has 1 heterocycles. The summed E-state index contributed by atoms with van der Waals surface area (Å²) in [7, 11) is 0. The summed E-state index contributed by atoms with van der Waals surface area (Å²) in [4.78, 5) is 14.1. The molecule has 1 N–H and O–H groups in total. The molecular formula is C10H8F2N2O2. The van der Waals surface area contributed by atoms with Gasteiger partial charge in [-0.3, -0.25) is 4.79 Å². The van der Waals surface area contributed by atoms with Crippen molar-refractivity contribution in [2.45, 2.75) is 19.8 Å². The second kappa shape index (κ2) is 4.66. The lowest BCUT2D eigenvalue weighted by molar-refractivity contribution is -0.136. The maximum absolute atomic E-state index is 12.5. The Kier molecular flexibility index (Phi) is 3.51. The number of hydrogen-bond donors (Lipinski definition) is 1. The van der Waals surface area contributed by atoms with Crippen LogP contribution in [0.5, 0.6) is 0 Å². The van der Waals surface area contributed by atoms with Crippen molar-refractivity contribution in [3.63, 3.8) is 0 Å². The van der Waals surface area contributed by atoms with Crippen molar-refractivity contribution in [1.29, 1.82) is 5.26 Å². The summed E-state index contributed by atoms with van der Waals surface area (Å²) in [5.41, 5.74) is -0.295. The molecule has 0 amide bonds. The molecule has 0 radical (unpaired) electrons.